The van der Waals surface area contributed by atoms with E-state index in [1.807, 2.05) is 26.8 Å². The monoisotopic (exact) mass is 314 g/mol. The number of hydrogen-bond acceptors (Lipinski definition) is 5. The van der Waals surface area contributed by atoms with Crippen molar-refractivity contribution in [3.05, 3.63) is 24.3 Å². The Bertz CT molecular complexity index is 382. The van der Waals surface area contributed by atoms with Gasteiger partial charge in [-0.2, -0.15) is 0 Å². The van der Waals surface area contributed by atoms with Crippen LogP contribution in [0.5, 0.6) is 11.5 Å². The first-order valence-electron chi connectivity index (χ1n) is 7.49. The molecule has 0 fully saturated rings. The summed E-state index contributed by atoms with van der Waals surface area (Å²) in [5.74, 6) is 0.862. The molecule has 0 saturated heterocycles. The van der Waals surface area contributed by atoms with E-state index in [2.05, 4.69) is 0 Å². The summed E-state index contributed by atoms with van der Waals surface area (Å²) >= 11 is 0. The number of hydrogen-bond donors (Lipinski definition) is 1. The summed E-state index contributed by atoms with van der Waals surface area (Å²) in [6.07, 6.45) is 0.780. The summed E-state index contributed by atoms with van der Waals surface area (Å²) in [5, 5.41) is 9.38. The van der Waals surface area contributed by atoms with E-state index in [1.165, 1.54) is 0 Å². The normalized spacial score (nSPS) is 11.6. The fourth-order valence-corrected chi connectivity index (χ4v) is 4.63. The zero-order chi connectivity index (χ0) is 15.6. The standard InChI is InChI=1S/C15H26O5Si/c1-4-18-21(19-5-2,20-6-3)12-8-11-17-15-10-7-9-14(16)13-15/h7,9-10,13,16H,4-6,8,11-12H2,1-3H3. The van der Waals surface area contributed by atoms with Crippen molar-refractivity contribution in [3.63, 3.8) is 0 Å². The highest BCUT2D eigenvalue weighted by atomic mass is 28.4. The number of phenols is 1. The van der Waals surface area contributed by atoms with Crippen LogP contribution in [-0.2, 0) is 13.3 Å². The maximum absolute atomic E-state index is 9.38. The van der Waals surface area contributed by atoms with Gasteiger partial charge in [-0.15, -0.1) is 0 Å². The van der Waals surface area contributed by atoms with Gasteiger partial charge in [0.2, 0.25) is 0 Å². The molecule has 0 aliphatic rings. The fraction of sp³-hybridized carbons (Fsp3) is 0.600. The Balaban J connectivity index is 2.45. The molecule has 1 N–H and O–H groups in total. The lowest BCUT2D eigenvalue weighted by Crippen LogP contribution is -2.46. The molecular weight excluding hydrogens is 288 g/mol. The second-order valence-electron chi connectivity index (χ2n) is 4.43. The van der Waals surface area contributed by atoms with E-state index in [0.29, 0.717) is 32.2 Å². The van der Waals surface area contributed by atoms with Gasteiger partial charge in [-0.05, 0) is 39.3 Å². The van der Waals surface area contributed by atoms with Gasteiger partial charge in [0.25, 0.3) is 0 Å². The minimum absolute atomic E-state index is 0.203. The first-order chi connectivity index (χ1) is 10.2. The minimum atomic E-state index is -2.57. The lowest BCUT2D eigenvalue weighted by molar-refractivity contribution is 0.0696. The minimum Gasteiger partial charge on any atom is -0.508 e. The summed E-state index contributed by atoms with van der Waals surface area (Å²) in [7, 11) is -2.57. The molecule has 0 saturated carbocycles. The van der Waals surface area contributed by atoms with Crippen LogP contribution in [-0.4, -0.2) is 40.3 Å². The van der Waals surface area contributed by atoms with E-state index in [9.17, 15) is 5.11 Å². The molecule has 0 bridgehead atoms. The molecule has 21 heavy (non-hydrogen) atoms. The van der Waals surface area contributed by atoms with Crippen molar-refractivity contribution in [1.29, 1.82) is 0 Å². The van der Waals surface area contributed by atoms with Gasteiger partial charge in [0.15, 0.2) is 0 Å². The Morgan fingerprint density at radius 3 is 2.14 bits per heavy atom. The van der Waals surface area contributed by atoms with Gasteiger partial charge in [-0.3, -0.25) is 0 Å². The molecular formula is C15H26O5Si. The number of phenolic OH excluding ortho intramolecular Hbond substituents is 1. The summed E-state index contributed by atoms with van der Waals surface area (Å²) in [5.41, 5.74) is 0. The molecule has 0 spiro atoms. The van der Waals surface area contributed by atoms with Crippen molar-refractivity contribution >= 4 is 8.80 Å². The highest BCUT2D eigenvalue weighted by molar-refractivity contribution is 6.60. The molecule has 120 valence electrons. The van der Waals surface area contributed by atoms with Gasteiger partial charge in [0.1, 0.15) is 11.5 Å². The zero-order valence-corrected chi connectivity index (χ0v) is 14.1. The molecule has 6 heteroatoms. The van der Waals surface area contributed by atoms with E-state index in [4.69, 9.17) is 18.0 Å². The Morgan fingerprint density at radius 2 is 1.62 bits per heavy atom. The van der Waals surface area contributed by atoms with Gasteiger partial charge in [0, 0.05) is 31.9 Å². The number of ether oxygens (including phenoxy) is 1. The topological polar surface area (TPSA) is 57.2 Å². The van der Waals surface area contributed by atoms with Crippen LogP contribution in [0.4, 0.5) is 0 Å². The summed E-state index contributed by atoms with van der Waals surface area (Å²) in [4.78, 5) is 0. The van der Waals surface area contributed by atoms with Gasteiger partial charge in [-0.25, -0.2) is 0 Å². The summed E-state index contributed by atoms with van der Waals surface area (Å²) < 4.78 is 23.0. The summed E-state index contributed by atoms with van der Waals surface area (Å²) in [6, 6.07) is 7.51. The lowest BCUT2D eigenvalue weighted by Gasteiger charge is -2.28. The van der Waals surface area contributed by atoms with Crippen molar-refractivity contribution < 1.29 is 23.1 Å². The van der Waals surface area contributed by atoms with E-state index in [1.54, 1.807) is 18.2 Å². The molecule has 0 aliphatic carbocycles. The Kier molecular flexibility index (Phi) is 8.37. The van der Waals surface area contributed by atoms with Crippen LogP contribution >= 0.6 is 0 Å². The van der Waals surface area contributed by atoms with Crippen LogP contribution in [0, 0.1) is 0 Å². The number of aromatic hydroxyl groups is 1. The van der Waals surface area contributed by atoms with Crippen LogP contribution in [0.2, 0.25) is 6.04 Å². The number of benzene rings is 1. The van der Waals surface area contributed by atoms with Crippen LogP contribution in [0.1, 0.15) is 27.2 Å². The first kappa shape index (κ1) is 18.0. The van der Waals surface area contributed by atoms with Crippen LogP contribution in [0.25, 0.3) is 0 Å². The second-order valence-corrected chi connectivity index (χ2v) is 7.16. The highest BCUT2D eigenvalue weighted by Crippen LogP contribution is 2.20. The van der Waals surface area contributed by atoms with E-state index in [-0.39, 0.29) is 5.75 Å². The molecule has 0 aromatic heterocycles. The molecule has 5 nitrogen and oxygen atoms in total. The van der Waals surface area contributed by atoms with Crippen molar-refractivity contribution in [3.8, 4) is 11.5 Å². The highest BCUT2D eigenvalue weighted by Gasteiger charge is 2.39. The Morgan fingerprint density at radius 1 is 1.00 bits per heavy atom. The maximum Gasteiger partial charge on any atom is 0.501 e. The van der Waals surface area contributed by atoms with Gasteiger partial charge >= 0.3 is 8.80 Å². The molecule has 1 rings (SSSR count). The van der Waals surface area contributed by atoms with Gasteiger partial charge in [-0.1, -0.05) is 6.07 Å². The van der Waals surface area contributed by atoms with E-state index >= 15 is 0 Å². The van der Waals surface area contributed by atoms with Crippen LogP contribution < -0.4 is 4.74 Å². The quantitative estimate of drug-likeness (QED) is 0.502. The SMILES string of the molecule is CCO[Si](CCCOc1cccc(O)c1)(OCC)OCC. The molecule has 0 unspecified atom stereocenters. The zero-order valence-electron chi connectivity index (χ0n) is 13.1. The summed E-state index contributed by atoms with van der Waals surface area (Å²) in [6.45, 7) is 8.12. The predicted octanol–water partition coefficient (Wildman–Crippen LogP) is 3.21. The molecule has 1 aromatic rings. The van der Waals surface area contributed by atoms with Crippen LogP contribution in [0.3, 0.4) is 0 Å². The third-order valence-corrected chi connectivity index (χ3v) is 5.96. The smallest absolute Gasteiger partial charge is 0.501 e. The maximum atomic E-state index is 9.38. The molecule has 1 aromatic carbocycles. The molecule has 0 amide bonds. The van der Waals surface area contributed by atoms with E-state index in [0.717, 1.165) is 12.5 Å². The Labute approximate surface area is 128 Å². The van der Waals surface area contributed by atoms with Crippen molar-refractivity contribution in [2.75, 3.05) is 26.4 Å². The van der Waals surface area contributed by atoms with Crippen molar-refractivity contribution in [2.45, 2.75) is 33.2 Å². The average Bonchev–Trinajstić information content (AvgIpc) is 2.45. The van der Waals surface area contributed by atoms with Crippen molar-refractivity contribution in [1.82, 2.24) is 0 Å². The van der Waals surface area contributed by atoms with Crippen molar-refractivity contribution in [2.24, 2.45) is 0 Å². The first-order valence-corrected chi connectivity index (χ1v) is 9.42. The second kappa shape index (κ2) is 9.78. The third-order valence-electron chi connectivity index (χ3n) is 2.81. The lowest BCUT2D eigenvalue weighted by atomic mass is 10.3. The molecule has 0 aliphatic heterocycles. The predicted molar refractivity (Wildman–Crippen MR) is 83.7 cm³/mol. The van der Waals surface area contributed by atoms with Gasteiger partial charge < -0.3 is 23.1 Å². The van der Waals surface area contributed by atoms with Crippen LogP contribution in [0.15, 0.2) is 24.3 Å². The van der Waals surface area contributed by atoms with E-state index < -0.39 is 8.80 Å². The third kappa shape index (κ3) is 6.47. The molecule has 0 radical (unpaired) electrons. The Hall–Kier alpha value is -1.08. The fourth-order valence-electron chi connectivity index (χ4n) is 2.05. The van der Waals surface area contributed by atoms with Gasteiger partial charge in [0.05, 0.1) is 6.61 Å². The molecule has 0 heterocycles. The molecule has 0 atom stereocenters. The number of rotatable bonds is 11. The average molecular weight is 314 g/mol. The largest absolute Gasteiger partial charge is 0.508 e.